The van der Waals surface area contributed by atoms with Crippen LogP contribution in [0.4, 0.5) is 0 Å². The number of rotatable bonds is 3. The van der Waals surface area contributed by atoms with Crippen molar-refractivity contribution in [3.8, 4) is 0 Å². The third-order valence-electron chi connectivity index (χ3n) is 5.37. The van der Waals surface area contributed by atoms with Crippen molar-refractivity contribution in [1.29, 1.82) is 0 Å². The van der Waals surface area contributed by atoms with Crippen LogP contribution >= 0.6 is 0 Å². The van der Waals surface area contributed by atoms with Crippen LogP contribution in [0.3, 0.4) is 0 Å². The van der Waals surface area contributed by atoms with Crippen LogP contribution < -0.4 is 0 Å². The Labute approximate surface area is 124 Å². The SMILES string of the molecule is CC1=CC(c2c(C)cc(CC3CC3C)cc2C)CCC1. The maximum Gasteiger partial charge on any atom is 0.00259 e. The molecule has 3 unspecified atom stereocenters. The lowest BCUT2D eigenvalue weighted by molar-refractivity contribution is 0.628. The summed E-state index contributed by atoms with van der Waals surface area (Å²) in [4.78, 5) is 0. The van der Waals surface area contributed by atoms with E-state index in [1.165, 1.54) is 43.2 Å². The molecule has 1 aromatic rings. The van der Waals surface area contributed by atoms with Crippen LogP contribution in [-0.2, 0) is 6.42 Å². The summed E-state index contributed by atoms with van der Waals surface area (Å²) < 4.78 is 0. The summed E-state index contributed by atoms with van der Waals surface area (Å²) >= 11 is 0. The maximum atomic E-state index is 2.52. The maximum absolute atomic E-state index is 2.52. The van der Waals surface area contributed by atoms with E-state index in [1.54, 1.807) is 16.7 Å². The lowest BCUT2D eigenvalue weighted by Gasteiger charge is -2.24. The van der Waals surface area contributed by atoms with Gasteiger partial charge in [-0.25, -0.2) is 0 Å². The Morgan fingerprint density at radius 3 is 2.30 bits per heavy atom. The van der Waals surface area contributed by atoms with Gasteiger partial charge in [0.05, 0.1) is 0 Å². The molecule has 0 aliphatic heterocycles. The van der Waals surface area contributed by atoms with Crippen LogP contribution in [0.15, 0.2) is 23.8 Å². The second kappa shape index (κ2) is 5.39. The van der Waals surface area contributed by atoms with Crippen molar-refractivity contribution >= 4 is 0 Å². The third kappa shape index (κ3) is 2.85. The molecule has 3 rings (SSSR count). The molecule has 0 saturated heterocycles. The van der Waals surface area contributed by atoms with Crippen molar-refractivity contribution in [1.82, 2.24) is 0 Å². The number of aryl methyl sites for hydroxylation is 2. The van der Waals surface area contributed by atoms with Crippen molar-refractivity contribution in [3.63, 3.8) is 0 Å². The van der Waals surface area contributed by atoms with Gasteiger partial charge in [-0.15, -0.1) is 0 Å². The molecule has 2 aliphatic carbocycles. The van der Waals surface area contributed by atoms with Crippen LogP contribution in [0.1, 0.15) is 67.7 Å². The predicted octanol–water partition coefficient (Wildman–Crippen LogP) is 5.72. The summed E-state index contributed by atoms with van der Waals surface area (Å²) in [7, 11) is 0. The van der Waals surface area contributed by atoms with Gasteiger partial charge in [-0.05, 0) is 87.0 Å². The average Bonchev–Trinajstić information content (AvgIpc) is 3.04. The van der Waals surface area contributed by atoms with Gasteiger partial charge in [-0.1, -0.05) is 30.7 Å². The summed E-state index contributed by atoms with van der Waals surface area (Å²) in [6.45, 7) is 9.31. The lowest BCUT2D eigenvalue weighted by atomic mass is 9.81. The highest BCUT2D eigenvalue weighted by atomic mass is 14.4. The Morgan fingerprint density at radius 2 is 1.75 bits per heavy atom. The van der Waals surface area contributed by atoms with E-state index < -0.39 is 0 Å². The van der Waals surface area contributed by atoms with Gasteiger partial charge >= 0.3 is 0 Å². The molecular weight excluding hydrogens is 240 g/mol. The van der Waals surface area contributed by atoms with Gasteiger partial charge in [0.25, 0.3) is 0 Å². The number of allylic oxidation sites excluding steroid dienone is 2. The molecule has 1 aromatic carbocycles. The monoisotopic (exact) mass is 268 g/mol. The molecule has 0 spiro atoms. The molecule has 1 saturated carbocycles. The minimum Gasteiger partial charge on any atom is -0.0781 e. The summed E-state index contributed by atoms with van der Waals surface area (Å²) in [5, 5.41) is 0. The normalized spacial score (nSPS) is 29.2. The van der Waals surface area contributed by atoms with Crippen molar-refractivity contribution in [2.75, 3.05) is 0 Å². The average molecular weight is 268 g/mol. The Balaban J connectivity index is 1.86. The first-order valence-electron chi connectivity index (χ1n) is 8.32. The van der Waals surface area contributed by atoms with Gasteiger partial charge in [-0.3, -0.25) is 0 Å². The molecule has 2 aliphatic rings. The molecule has 0 radical (unpaired) electrons. The Kier molecular flexibility index (Phi) is 3.75. The van der Waals surface area contributed by atoms with Gasteiger partial charge in [0.2, 0.25) is 0 Å². The first-order valence-corrected chi connectivity index (χ1v) is 8.32. The number of hydrogen-bond donors (Lipinski definition) is 0. The molecule has 108 valence electrons. The van der Waals surface area contributed by atoms with E-state index >= 15 is 0 Å². The van der Waals surface area contributed by atoms with Crippen molar-refractivity contribution < 1.29 is 0 Å². The topological polar surface area (TPSA) is 0 Å². The number of benzene rings is 1. The van der Waals surface area contributed by atoms with Crippen molar-refractivity contribution in [3.05, 3.63) is 46.0 Å². The fraction of sp³-hybridized carbons (Fsp3) is 0.600. The van der Waals surface area contributed by atoms with Crippen LogP contribution in [0, 0.1) is 25.7 Å². The van der Waals surface area contributed by atoms with Crippen molar-refractivity contribution in [2.24, 2.45) is 11.8 Å². The van der Waals surface area contributed by atoms with Crippen LogP contribution in [0.2, 0.25) is 0 Å². The second-order valence-electron chi connectivity index (χ2n) is 7.33. The van der Waals surface area contributed by atoms with E-state index in [1.807, 2.05) is 0 Å². The zero-order chi connectivity index (χ0) is 14.3. The molecule has 0 nitrogen and oxygen atoms in total. The molecule has 0 heteroatoms. The molecule has 0 amide bonds. The van der Waals surface area contributed by atoms with E-state index in [0.717, 1.165) is 11.8 Å². The molecule has 0 heterocycles. The van der Waals surface area contributed by atoms with Gasteiger partial charge in [0.15, 0.2) is 0 Å². The summed E-state index contributed by atoms with van der Waals surface area (Å²) in [5.41, 5.74) is 7.79. The minimum absolute atomic E-state index is 0.664. The summed E-state index contributed by atoms with van der Waals surface area (Å²) in [6, 6.07) is 4.93. The lowest BCUT2D eigenvalue weighted by Crippen LogP contribution is -2.07. The van der Waals surface area contributed by atoms with Gasteiger partial charge in [-0.2, -0.15) is 0 Å². The first-order chi connectivity index (χ1) is 9.54. The Morgan fingerprint density at radius 1 is 1.10 bits per heavy atom. The molecule has 0 bridgehead atoms. The van der Waals surface area contributed by atoms with E-state index in [0.29, 0.717) is 5.92 Å². The summed E-state index contributed by atoms with van der Waals surface area (Å²) in [6.07, 6.45) is 9.23. The summed E-state index contributed by atoms with van der Waals surface area (Å²) in [5.74, 6) is 2.58. The standard InChI is InChI=1S/C20H28/c1-13-6-5-7-18(8-13)20-15(3)9-17(10-16(20)4)12-19-11-14(19)2/h8-10,14,18-19H,5-7,11-12H2,1-4H3. The largest absolute Gasteiger partial charge is 0.0781 e. The van der Waals surface area contributed by atoms with E-state index in [4.69, 9.17) is 0 Å². The quantitative estimate of drug-likeness (QED) is 0.615. The number of hydrogen-bond acceptors (Lipinski definition) is 0. The fourth-order valence-corrected chi connectivity index (χ4v) is 4.09. The fourth-order valence-electron chi connectivity index (χ4n) is 4.09. The van der Waals surface area contributed by atoms with Gasteiger partial charge in [0, 0.05) is 5.92 Å². The van der Waals surface area contributed by atoms with E-state index in [-0.39, 0.29) is 0 Å². The zero-order valence-electron chi connectivity index (χ0n) is 13.5. The zero-order valence-corrected chi connectivity index (χ0v) is 13.5. The van der Waals surface area contributed by atoms with Crippen LogP contribution in [0.25, 0.3) is 0 Å². The predicted molar refractivity (Wildman–Crippen MR) is 87.2 cm³/mol. The second-order valence-corrected chi connectivity index (χ2v) is 7.33. The molecule has 1 fully saturated rings. The van der Waals surface area contributed by atoms with Gasteiger partial charge < -0.3 is 0 Å². The van der Waals surface area contributed by atoms with Crippen LogP contribution in [0.5, 0.6) is 0 Å². The minimum atomic E-state index is 0.664. The first kappa shape index (κ1) is 13.9. The van der Waals surface area contributed by atoms with Gasteiger partial charge in [0.1, 0.15) is 0 Å². The molecule has 20 heavy (non-hydrogen) atoms. The van der Waals surface area contributed by atoms with E-state index in [2.05, 4.69) is 45.9 Å². The van der Waals surface area contributed by atoms with Crippen LogP contribution in [-0.4, -0.2) is 0 Å². The highest BCUT2D eigenvalue weighted by molar-refractivity contribution is 5.43. The highest BCUT2D eigenvalue weighted by Gasteiger charge is 2.32. The third-order valence-corrected chi connectivity index (χ3v) is 5.37. The van der Waals surface area contributed by atoms with Crippen molar-refractivity contribution in [2.45, 2.75) is 65.7 Å². The Bertz CT molecular complexity index is 512. The Hall–Kier alpha value is -1.04. The highest BCUT2D eigenvalue weighted by Crippen LogP contribution is 2.41. The molecule has 0 aromatic heterocycles. The smallest absolute Gasteiger partial charge is 0.00259 e. The van der Waals surface area contributed by atoms with E-state index in [9.17, 15) is 0 Å². The molecular formula is C20H28. The molecule has 3 atom stereocenters. The molecule has 0 N–H and O–H groups in total.